The summed E-state index contributed by atoms with van der Waals surface area (Å²) >= 11 is 0. The summed E-state index contributed by atoms with van der Waals surface area (Å²) in [4.78, 5) is 9.28. The van der Waals surface area contributed by atoms with Crippen molar-refractivity contribution in [3.8, 4) is 0 Å². The summed E-state index contributed by atoms with van der Waals surface area (Å²) in [7, 11) is 0. The van der Waals surface area contributed by atoms with Gasteiger partial charge in [0.15, 0.2) is 0 Å². The van der Waals surface area contributed by atoms with E-state index in [2.05, 4.69) is 0 Å². The average Bonchev–Trinajstić information content (AvgIpc) is 1.41. The van der Waals surface area contributed by atoms with Gasteiger partial charge in [-0.2, -0.15) is 6.42 Å². The van der Waals surface area contributed by atoms with E-state index in [0.29, 0.717) is 6.42 Å². The topological polar surface area (TPSA) is 17.1 Å². The van der Waals surface area contributed by atoms with Gasteiger partial charge in [0.05, 0.1) is 0 Å². The second kappa shape index (κ2) is 8.99. The minimum Gasteiger partial charge on any atom is -0.542 e. The van der Waals surface area contributed by atoms with Gasteiger partial charge < -0.3 is 4.79 Å². The second-order valence-electron chi connectivity index (χ2n) is 0.894. The maximum absolute atomic E-state index is 9.28. The van der Waals surface area contributed by atoms with Gasteiger partial charge in [-0.15, -0.1) is 0 Å². The Labute approximate surface area is 50.3 Å². The van der Waals surface area contributed by atoms with Crippen molar-refractivity contribution in [2.24, 2.45) is 0 Å². The third kappa shape index (κ3) is 8.86. The van der Waals surface area contributed by atoms with Crippen LogP contribution in [0.1, 0.15) is 19.8 Å². The molecule has 0 rings (SSSR count). The van der Waals surface area contributed by atoms with Crippen LogP contribution in [0.4, 0.5) is 0 Å². The van der Waals surface area contributed by atoms with E-state index in [9.17, 15) is 4.79 Å². The van der Waals surface area contributed by atoms with Crippen LogP contribution in [0, 0.1) is 0 Å². The molecule has 0 aliphatic carbocycles. The fourth-order valence-corrected chi connectivity index (χ4v) is 0.102. The van der Waals surface area contributed by atoms with Crippen molar-refractivity contribution in [1.82, 2.24) is 0 Å². The molecule has 0 N–H and O–H groups in total. The van der Waals surface area contributed by atoms with Crippen molar-refractivity contribution in [2.45, 2.75) is 19.8 Å². The van der Waals surface area contributed by atoms with Crippen molar-refractivity contribution in [3.05, 3.63) is 0 Å². The molecule has 30 valence electrons. The van der Waals surface area contributed by atoms with Crippen molar-refractivity contribution in [2.75, 3.05) is 0 Å². The van der Waals surface area contributed by atoms with Crippen LogP contribution in [0.5, 0.6) is 0 Å². The summed E-state index contributed by atoms with van der Waals surface area (Å²) in [5, 5.41) is 0. The third-order valence-electron chi connectivity index (χ3n) is 0.352. The van der Waals surface area contributed by atoms with Crippen LogP contribution in [-0.2, 0) is 4.79 Å². The molecule has 0 aromatic rings. The summed E-state index contributed by atoms with van der Waals surface area (Å²) < 4.78 is 0. The van der Waals surface area contributed by atoms with E-state index in [1.807, 2.05) is 6.92 Å². The monoisotopic (exact) mass is 78.1 g/mol. The second-order valence-corrected chi connectivity index (χ2v) is 0.894. The van der Waals surface area contributed by atoms with Gasteiger partial charge in [-0.25, -0.2) is 0 Å². The molecule has 0 radical (unpaired) electrons. The molecule has 0 atom stereocenters. The quantitative estimate of drug-likeness (QED) is 0.273. The Hall–Kier alpha value is 0.267. The zero-order valence-corrected chi connectivity index (χ0v) is 4.32. The first kappa shape index (κ1) is 9.55. The molecular weight excluding hydrogens is 71.0 g/mol. The van der Waals surface area contributed by atoms with Gasteiger partial charge in [0.2, 0.25) is 0 Å². The first-order valence-electron chi connectivity index (χ1n) is 1.76. The Bertz CT molecular complexity index is 28.7. The molecule has 0 aromatic heterocycles. The Morgan fingerprint density at radius 3 is 2.17 bits per heavy atom. The normalized spacial score (nSPS) is 6.17. The van der Waals surface area contributed by atoms with Crippen LogP contribution in [0.15, 0.2) is 0 Å². The van der Waals surface area contributed by atoms with Crippen molar-refractivity contribution >= 4 is 6.29 Å². The van der Waals surface area contributed by atoms with Crippen molar-refractivity contribution < 1.29 is 23.7 Å². The zero-order chi connectivity index (χ0) is 4.12. The standard InChI is InChI=1S/C4H7O.Li/c1-2-3-4-5;/h2-3H2,1H3;/q-1;+1. The molecule has 0 spiro atoms. The number of hydrogen-bond acceptors (Lipinski definition) is 1. The van der Waals surface area contributed by atoms with Gasteiger partial charge in [-0.1, -0.05) is 13.3 Å². The van der Waals surface area contributed by atoms with Gasteiger partial charge in [0.1, 0.15) is 0 Å². The molecule has 2 heteroatoms. The Morgan fingerprint density at radius 1 is 1.67 bits per heavy atom. The minimum atomic E-state index is 0. The molecule has 0 aliphatic rings. The molecule has 0 amide bonds. The van der Waals surface area contributed by atoms with E-state index in [-0.39, 0.29) is 18.9 Å². The van der Waals surface area contributed by atoms with Crippen LogP contribution in [0.3, 0.4) is 0 Å². The van der Waals surface area contributed by atoms with Gasteiger partial charge in [-0.05, 0) is 0 Å². The van der Waals surface area contributed by atoms with Gasteiger partial charge in [0.25, 0.3) is 0 Å². The molecule has 0 heterocycles. The van der Waals surface area contributed by atoms with E-state index in [1.165, 1.54) is 0 Å². The summed E-state index contributed by atoms with van der Waals surface area (Å²) in [5.41, 5.74) is 0. The molecule has 6 heavy (non-hydrogen) atoms. The molecular formula is C4H7LiO. The number of hydrogen-bond donors (Lipinski definition) is 0. The first-order chi connectivity index (χ1) is 2.41. The largest absolute Gasteiger partial charge is 1.00 e. The summed E-state index contributed by atoms with van der Waals surface area (Å²) in [6.45, 7) is 1.95. The maximum Gasteiger partial charge on any atom is 1.00 e. The smallest absolute Gasteiger partial charge is 0.542 e. The van der Waals surface area contributed by atoms with E-state index < -0.39 is 0 Å². The minimum absolute atomic E-state index is 0. The Kier molecular flexibility index (Phi) is 14.3. The predicted octanol–water partition coefficient (Wildman–Crippen LogP) is -2.10. The maximum atomic E-state index is 9.28. The number of unbranched alkanes of at least 4 members (excludes halogenated alkanes) is 1. The van der Waals surface area contributed by atoms with Gasteiger partial charge in [0, 0.05) is 0 Å². The molecule has 0 unspecified atom stereocenters. The molecule has 0 fully saturated rings. The van der Waals surface area contributed by atoms with Crippen molar-refractivity contribution in [1.29, 1.82) is 0 Å². The van der Waals surface area contributed by atoms with Crippen LogP contribution in [0.2, 0.25) is 0 Å². The fourth-order valence-electron chi connectivity index (χ4n) is 0.102. The van der Waals surface area contributed by atoms with Gasteiger partial charge in [-0.3, -0.25) is 6.29 Å². The summed E-state index contributed by atoms with van der Waals surface area (Å²) in [5.74, 6) is 0. The molecule has 0 aromatic carbocycles. The Balaban J connectivity index is 0. The fraction of sp³-hybridized carbons (Fsp3) is 0.750. The van der Waals surface area contributed by atoms with Crippen molar-refractivity contribution in [3.63, 3.8) is 0 Å². The van der Waals surface area contributed by atoms with Gasteiger partial charge >= 0.3 is 18.9 Å². The molecule has 0 aliphatic heterocycles. The SMILES string of the molecule is CCC[C-]=O.[Li+]. The van der Waals surface area contributed by atoms with Crippen LogP contribution in [-0.4, -0.2) is 6.29 Å². The third-order valence-corrected chi connectivity index (χ3v) is 0.352. The van der Waals surface area contributed by atoms with E-state index >= 15 is 0 Å². The van der Waals surface area contributed by atoms with E-state index in [0.717, 1.165) is 6.42 Å². The molecule has 0 bridgehead atoms. The van der Waals surface area contributed by atoms with E-state index in [4.69, 9.17) is 0 Å². The van der Waals surface area contributed by atoms with Crippen LogP contribution >= 0.6 is 0 Å². The molecule has 0 saturated heterocycles. The van der Waals surface area contributed by atoms with E-state index in [1.54, 1.807) is 6.29 Å². The first-order valence-corrected chi connectivity index (χ1v) is 1.76. The number of carbonyl (C=O) groups excluding carboxylic acids is 1. The summed E-state index contributed by atoms with van der Waals surface area (Å²) in [6.07, 6.45) is 3.27. The summed E-state index contributed by atoms with van der Waals surface area (Å²) in [6, 6.07) is 0. The molecule has 1 nitrogen and oxygen atoms in total. The zero-order valence-electron chi connectivity index (χ0n) is 4.32. The molecule has 0 saturated carbocycles. The number of rotatable bonds is 2. The van der Waals surface area contributed by atoms with Crippen LogP contribution in [0.25, 0.3) is 0 Å². The average molecular weight is 78.0 g/mol. The Morgan fingerprint density at radius 2 is 2.17 bits per heavy atom. The predicted molar refractivity (Wildman–Crippen MR) is 20.6 cm³/mol. The van der Waals surface area contributed by atoms with Crippen LogP contribution < -0.4 is 18.9 Å².